The summed E-state index contributed by atoms with van der Waals surface area (Å²) in [6, 6.07) is 8.12. The van der Waals surface area contributed by atoms with Crippen LogP contribution in [-0.2, 0) is 0 Å². The minimum atomic E-state index is -0.0239. The second-order valence-corrected chi connectivity index (χ2v) is 5.81. The lowest BCUT2D eigenvalue weighted by atomic mass is 9.89. The molecule has 0 saturated heterocycles. The molecular formula is C19H18O4. The molecule has 0 aliphatic rings. The van der Waals surface area contributed by atoms with Crippen LogP contribution in [0.3, 0.4) is 0 Å². The molecule has 23 heavy (non-hydrogen) atoms. The molecule has 0 aliphatic heterocycles. The summed E-state index contributed by atoms with van der Waals surface area (Å²) in [5, 5.41) is 42.5. The first-order chi connectivity index (χ1) is 10.8. The van der Waals surface area contributed by atoms with Crippen LogP contribution in [0, 0.1) is 20.8 Å². The number of benzene rings is 3. The molecule has 3 rings (SSSR count). The van der Waals surface area contributed by atoms with Crippen LogP contribution in [0.4, 0.5) is 0 Å². The topological polar surface area (TPSA) is 80.9 Å². The summed E-state index contributed by atoms with van der Waals surface area (Å²) in [4.78, 5) is 0. The maximum Gasteiger partial charge on any atom is 0.127 e. The first kappa shape index (κ1) is 15.0. The highest BCUT2D eigenvalue weighted by Gasteiger charge is 2.22. The van der Waals surface area contributed by atoms with Gasteiger partial charge >= 0.3 is 0 Å². The standard InChI is InChI=1S/C19H18O4/c1-9-10(2)19(23)16(11(3)18(9)22)17-14-8-13(20)6-4-12(14)5-7-15(17)21/h4-8,20-23H,1-3H3. The van der Waals surface area contributed by atoms with Crippen molar-refractivity contribution >= 4 is 10.8 Å². The van der Waals surface area contributed by atoms with Crippen LogP contribution in [0.2, 0.25) is 0 Å². The molecule has 0 amide bonds. The summed E-state index contributed by atoms with van der Waals surface area (Å²) >= 11 is 0. The molecule has 3 aromatic rings. The van der Waals surface area contributed by atoms with E-state index in [2.05, 4.69) is 0 Å². The van der Waals surface area contributed by atoms with Crippen molar-refractivity contribution in [3.05, 3.63) is 47.0 Å². The van der Waals surface area contributed by atoms with E-state index < -0.39 is 0 Å². The smallest absolute Gasteiger partial charge is 0.127 e. The molecule has 4 nitrogen and oxygen atoms in total. The number of fused-ring (bicyclic) bond motifs is 1. The summed E-state index contributed by atoms with van der Waals surface area (Å²) in [5.41, 5.74) is 2.41. The highest BCUT2D eigenvalue weighted by molar-refractivity contribution is 6.03. The molecule has 0 radical (unpaired) electrons. The van der Waals surface area contributed by atoms with E-state index in [1.165, 1.54) is 6.07 Å². The largest absolute Gasteiger partial charge is 0.508 e. The predicted octanol–water partition coefficient (Wildman–Crippen LogP) is 4.25. The molecule has 0 spiro atoms. The molecule has 4 N–H and O–H groups in total. The van der Waals surface area contributed by atoms with Crippen LogP contribution in [0.15, 0.2) is 30.3 Å². The first-order valence-electron chi connectivity index (χ1n) is 7.29. The quantitative estimate of drug-likeness (QED) is 0.506. The van der Waals surface area contributed by atoms with Gasteiger partial charge < -0.3 is 20.4 Å². The van der Waals surface area contributed by atoms with Crippen molar-refractivity contribution in [3.8, 4) is 34.1 Å². The van der Waals surface area contributed by atoms with Crippen molar-refractivity contribution in [2.75, 3.05) is 0 Å². The summed E-state index contributed by atoms with van der Waals surface area (Å²) in [7, 11) is 0. The average molecular weight is 310 g/mol. The Morgan fingerprint density at radius 2 is 1.26 bits per heavy atom. The molecule has 0 aliphatic carbocycles. The molecule has 0 atom stereocenters. The Hall–Kier alpha value is -2.88. The second-order valence-electron chi connectivity index (χ2n) is 5.81. The Kier molecular flexibility index (Phi) is 3.33. The molecule has 0 fully saturated rings. The van der Waals surface area contributed by atoms with E-state index in [0.29, 0.717) is 33.2 Å². The molecule has 0 unspecified atom stereocenters. The van der Waals surface area contributed by atoms with E-state index in [-0.39, 0.29) is 23.0 Å². The fourth-order valence-corrected chi connectivity index (χ4v) is 2.98. The third-order valence-electron chi connectivity index (χ3n) is 4.47. The SMILES string of the molecule is Cc1c(C)c(O)c(-c2c(O)ccc3ccc(O)cc23)c(C)c1O. The van der Waals surface area contributed by atoms with Gasteiger partial charge in [0.2, 0.25) is 0 Å². The van der Waals surface area contributed by atoms with E-state index in [1.54, 1.807) is 45.0 Å². The molecule has 118 valence electrons. The van der Waals surface area contributed by atoms with Crippen LogP contribution in [0.5, 0.6) is 23.0 Å². The number of hydrogen-bond acceptors (Lipinski definition) is 4. The molecule has 0 saturated carbocycles. The zero-order chi connectivity index (χ0) is 16.9. The number of phenolic OH excluding ortho intramolecular Hbond substituents is 4. The van der Waals surface area contributed by atoms with Gasteiger partial charge in [-0.2, -0.15) is 0 Å². The van der Waals surface area contributed by atoms with Crippen molar-refractivity contribution in [2.45, 2.75) is 20.8 Å². The van der Waals surface area contributed by atoms with E-state index in [1.807, 2.05) is 0 Å². The van der Waals surface area contributed by atoms with Gasteiger partial charge in [0.1, 0.15) is 23.0 Å². The normalized spacial score (nSPS) is 11.1. The van der Waals surface area contributed by atoms with Crippen molar-refractivity contribution in [1.82, 2.24) is 0 Å². The van der Waals surface area contributed by atoms with Crippen LogP contribution in [0.25, 0.3) is 21.9 Å². The number of phenols is 4. The highest BCUT2D eigenvalue weighted by atomic mass is 16.3. The summed E-state index contributed by atoms with van der Waals surface area (Å²) < 4.78 is 0. The van der Waals surface area contributed by atoms with E-state index in [4.69, 9.17) is 0 Å². The Labute approximate surface area is 133 Å². The lowest BCUT2D eigenvalue weighted by Gasteiger charge is -2.18. The van der Waals surface area contributed by atoms with Crippen LogP contribution < -0.4 is 0 Å². The third kappa shape index (κ3) is 2.14. The first-order valence-corrected chi connectivity index (χ1v) is 7.29. The van der Waals surface area contributed by atoms with Gasteiger partial charge in [-0.05, 0) is 60.9 Å². The fourth-order valence-electron chi connectivity index (χ4n) is 2.98. The van der Waals surface area contributed by atoms with E-state index in [0.717, 1.165) is 5.39 Å². The lowest BCUT2D eigenvalue weighted by molar-refractivity contribution is 0.450. The number of aromatic hydroxyl groups is 4. The molecule has 0 aromatic heterocycles. The van der Waals surface area contributed by atoms with Gasteiger partial charge in [0, 0.05) is 16.7 Å². The molecule has 3 aromatic carbocycles. The molecule has 0 heterocycles. The second kappa shape index (κ2) is 5.09. The number of rotatable bonds is 1. The monoisotopic (exact) mass is 310 g/mol. The van der Waals surface area contributed by atoms with E-state index >= 15 is 0 Å². The van der Waals surface area contributed by atoms with Crippen LogP contribution in [-0.4, -0.2) is 20.4 Å². The van der Waals surface area contributed by atoms with Gasteiger partial charge in [-0.3, -0.25) is 0 Å². The molecular weight excluding hydrogens is 292 g/mol. The number of hydrogen-bond donors (Lipinski definition) is 4. The Balaban J connectivity index is 2.52. The van der Waals surface area contributed by atoms with Crippen molar-refractivity contribution < 1.29 is 20.4 Å². The third-order valence-corrected chi connectivity index (χ3v) is 4.47. The van der Waals surface area contributed by atoms with Gasteiger partial charge in [0.15, 0.2) is 0 Å². The molecule has 0 bridgehead atoms. The minimum Gasteiger partial charge on any atom is -0.508 e. The maximum atomic E-state index is 10.6. The van der Waals surface area contributed by atoms with Crippen LogP contribution in [0.1, 0.15) is 16.7 Å². The zero-order valence-electron chi connectivity index (χ0n) is 13.2. The predicted molar refractivity (Wildman–Crippen MR) is 90.3 cm³/mol. The average Bonchev–Trinajstić information content (AvgIpc) is 2.53. The summed E-state index contributed by atoms with van der Waals surface area (Å²) in [5.74, 6) is 0.148. The van der Waals surface area contributed by atoms with Crippen molar-refractivity contribution in [2.24, 2.45) is 0 Å². The minimum absolute atomic E-state index is 0.0175. The Bertz CT molecular complexity index is 908. The highest BCUT2D eigenvalue weighted by Crippen LogP contribution is 2.48. The van der Waals surface area contributed by atoms with Crippen LogP contribution >= 0.6 is 0 Å². The Morgan fingerprint density at radius 1 is 0.652 bits per heavy atom. The summed E-state index contributed by atoms with van der Waals surface area (Å²) in [6.45, 7) is 5.14. The maximum absolute atomic E-state index is 10.6. The van der Waals surface area contributed by atoms with Gasteiger partial charge in [0.05, 0.1) is 0 Å². The summed E-state index contributed by atoms with van der Waals surface area (Å²) in [6.07, 6.45) is 0. The van der Waals surface area contributed by atoms with Gasteiger partial charge in [-0.1, -0.05) is 12.1 Å². The van der Waals surface area contributed by atoms with Gasteiger partial charge in [0.25, 0.3) is 0 Å². The van der Waals surface area contributed by atoms with Crippen molar-refractivity contribution in [3.63, 3.8) is 0 Å². The molecule has 4 heteroatoms. The Morgan fingerprint density at radius 3 is 1.96 bits per heavy atom. The van der Waals surface area contributed by atoms with Gasteiger partial charge in [-0.15, -0.1) is 0 Å². The van der Waals surface area contributed by atoms with Crippen molar-refractivity contribution in [1.29, 1.82) is 0 Å². The van der Waals surface area contributed by atoms with E-state index in [9.17, 15) is 20.4 Å². The zero-order valence-corrected chi connectivity index (χ0v) is 13.2. The van der Waals surface area contributed by atoms with Gasteiger partial charge in [-0.25, -0.2) is 0 Å². The lowest BCUT2D eigenvalue weighted by Crippen LogP contribution is -1.94. The fraction of sp³-hybridized carbons (Fsp3) is 0.158.